The zero-order valence-corrected chi connectivity index (χ0v) is 31.3. The quantitative estimate of drug-likeness (QED) is 0.0612. The van der Waals surface area contributed by atoms with E-state index in [-0.39, 0.29) is 18.2 Å². The molecule has 270 valence electrons. The maximum absolute atomic E-state index is 14.2. The van der Waals surface area contributed by atoms with Crippen molar-refractivity contribution >= 4 is 75.2 Å². The Morgan fingerprint density at radius 1 is 0.796 bits per heavy atom. The Hall–Kier alpha value is -5.94. The molecule has 1 aromatic heterocycles. The molecule has 6 rings (SSSR count). The fourth-order valence-electron chi connectivity index (χ4n) is 5.45. The van der Waals surface area contributed by atoms with Crippen LogP contribution < -0.4 is 16.0 Å². The van der Waals surface area contributed by atoms with Gasteiger partial charge in [-0.2, -0.15) is 0 Å². The molecule has 5 aromatic carbocycles. The SMILES string of the molecule is CCOC(=O)c1c(-c2ccccc2)csc1NC(=O)C(Sc1cccc(NC(=O)/C(=C/c2cccc(Cl)c2)NC(=O)c2ccccc2)c1)c1ccccc1. The van der Waals surface area contributed by atoms with E-state index in [0.29, 0.717) is 42.9 Å². The van der Waals surface area contributed by atoms with Crippen molar-refractivity contribution < 1.29 is 23.9 Å². The molecule has 54 heavy (non-hydrogen) atoms. The van der Waals surface area contributed by atoms with E-state index in [1.807, 2.05) is 72.1 Å². The van der Waals surface area contributed by atoms with Crippen molar-refractivity contribution in [3.63, 3.8) is 0 Å². The van der Waals surface area contributed by atoms with E-state index >= 15 is 0 Å². The van der Waals surface area contributed by atoms with Crippen molar-refractivity contribution in [3.8, 4) is 11.1 Å². The molecule has 0 aliphatic rings. The predicted molar refractivity (Wildman–Crippen MR) is 218 cm³/mol. The molecule has 6 aromatic rings. The van der Waals surface area contributed by atoms with Crippen LogP contribution in [0.15, 0.2) is 155 Å². The van der Waals surface area contributed by atoms with Crippen LogP contribution in [0.3, 0.4) is 0 Å². The van der Waals surface area contributed by atoms with Crippen molar-refractivity contribution in [3.05, 3.63) is 178 Å². The van der Waals surface area contributed by atoms with Crippen LogP contribution >= 0.6 is 34.7 Å². The van der Waals surface area contributed by atoms with Crippen molar-refractivity contribution in [2.45, 2.75) is 17.1 Å². The van der Waals surface area contributed by atoms with Gasteiger partial charge in [0.15, 0.2) is 0 Å². The third kappa shape index (κ3) is 9.73. The third-order valence-electron chi connectivity index (χ3n) is 7.97. The van der Waals surface area contributed by atoms with Gasteiger partial charge < -0.3 is 20.7 Å². The van der Waals surface area contributed by atoms with E-state index in [2.05, 4.69) is 16.0 Å². The highest BCUT2D eigenvalue weighted by Crippen LogP contribution is 2.40. The number of rotatable bonds is 13. The van der Waals surface area contributed by atoms with Gasteiger partial charge in [0.25, 0.3) is 11.8 Å². The molecule has 1 unspecified atom stereocenters. The van der Waals surface area contributed by atoms with Crippen LogP contribution in [0.5, 0.6) is 0 Å². The number of halogens is 1. The zero-order valence-electron chi connectivity index (χ0n) is 29.0. The summed E-state index contributed by atoms with van der Waals surface area (Å²) in [6.07, 6.45) is 1.55. The van der Waals surface area contributed by atoms with E-state index in [9.17, 15) is 19.2 Å². The molecule has 8 nitrogen and oxygen atoms in total. The number of nitrogens with one attached hydrogen (secondary N) is 3. The van der Waals surface area contributed by atoms with Gasteiger partial charge in [-0.15, -0.1) is 23.1 Å². The second-order valence-electron chi connectivity index (χ2n) is 11.8. The first-order valence-corrected chi connectivity index (χ1v) is 19.0. The second kappa shape index (κ2) is 18.2. The standard InChI is InChI=1S/C43H34ClN3O5S2/c1-2-52-43(51)37-35(29-15-6-3-7-16-29)27-53-42(37)47-41(50)38(30-17-8-4-9-18-30)54-34-23-13-22-33(26-34)45-40(49)36(25-28-14-12-21-32(44)24-28)46-39(48)31-19-10-5-11-20-31/h3-27,38H,2H2,1H3,(H,45,49)(H,46,48)(H,47,50)/b36-25-. The Balaban J connectivity index is 1.26. The van der Waals surface area contributed by atoms with Crippen molar-refractivity contribution in [2.75, 3.05) is 17.2 Å². The fourth-order valence-corrected chi connectivity index (χ4v) is 7.69. The number of thioether (sulfide) groups is 1. The first-order valence-electron chi connectivity index (χ1n) is 16.9. The molecule has 11 heteroatoms. The second-order valence-corrected chi connectivity index (χ2v) is 14.2. The van der Waals surface area contributed by atoms with Crippen LogP contribution in [0.1, 0.15) is 44.0 Å². The summed E-state index contributed by atoms with van der Waals surface area (Å²) < 4.78 is 5.40. The van der Waals surface area contributed by atoms with Gasteiger partial charge in [0, 0.05) is 32.1 Å². The molecule has 3 N–H and O–H groups in total. The van der Waals surface area contributed by atoms with Gasteiger partial charge in [-0.1, -0.05) is 109 Å². The number of carbonyl (C=O) groups excluding carboxylic acids is 4. The summed E-state index contributed by atoms with van der Waals surface area (Å²) in [7, 11) is 0. The van der Waals surface area contributed by atoms with E-state index < -0.39 is 23.0 Å². The Bertz CT molecular complexity index is 2300. The van der Waals surface area contributed by atoms with Crippen LogP contribution in [-0.2, 0) is 14.3 Å². The topological polar surface area (TPSA) is 114 Å². The van der Waals surface area contributed by atoms with Gasteiger partial charge >= 0.3 is 5.97 Å². The molecule has 1 atom stereocenters. The summed E-state index contributed by atoms with van der Waals surface area (Å²) >= 11 is 8.74. The number of carbonyl (C=O) groups is 4. The van der Waals surface area contributed by atoms with Gasteiger partial charge in [-0.05, 0) is 72.2 Å². The number of hydrogen-bond donors (Lipinski definition) is 3. The Kier molecular flexibility index (Phi) is 12.7. The molecule has 0 aliphatic carbocycles. The highest BCUT2D eigenvalue weighted by molar-refractivity contribution is 8.00. The van der Waals surface area contributed by atoms with Crippen molar-refractivity contribution in [1.82, 2.24) is 5.32 Å². The normalized spacial score (nSPS) is 11.6. The van der Waals surface area contributed by atoms with E-state index in [0.717, 1.165) is 11.1 Å². The lowest BCUT2D eigenvalue weighted by Gasteiger charge is -2.18. The van der Waals surface area contributed by atoms with Gasteiger partial charge in [-0.3, -0.25) is 14.4 Å². The highest BCUT2D eigenvalue weighted by Gasteiger charge is 2.27. The molecule has 3 amide bonds. The molecule has 1 heterocycles. The molecule has 0 fully saturated rings. The number of anilines is 2. The maximum atomic E-state index is 14.2. The molecule has 0 saturated carbocycles. The van der Waals surface area contributed by atoms with Gasteiger partial charge in [0.05, 0.1) is 6.61 Å². The predicted octanol–water partition coefficient (Wildman–Crippen LogP) is 10.1. The number of thiophene rings is 1. The summed E-state index contributed by atoms with van der Waals surface area (Å²) in [5, 5.41) is 10.6. The summed E-state index contributed by atoms with van der Waals surface area (Å²) in [5.74, 6) is -1.88. The lowest BCUT2D eigenvalue weighted by atomic mass is 10.0. The monoisotopic (exact) mass is 771 g/mol. The number of ether oxygens (including phenoxy) is 1. The fraction of sp³-hybridized carbons (Fsp3) is 0.0698. The number of benzene rings is 5. The summed E-state index contributed by atoms with van der Waals surface area (Å²) in [4.78, 5) is 54.9. The minimum atomic E-state index is -0.738. The Labute approximate surface area is 326 Å². The van der Waals surface area contributed by atoms with Crippen LogP contribution in [0, 0.1) is 0 Å². The minimum absolute atomic E-state index is 0.00828. The molecule has 0 spiro atoms. The Morgan fingerprint density at radius 3 is 2.19 bits per heavy atom. The largest absolute Gasteiger partial charge is 0.462 e. The third-order valence-corrected chi connectivity index (χ3v) is 10.3. The van der Waals surface area contributed by atoms with E-state index in [1.165, 1.54) is 23.1 Å². The van der Waals surface area contributed by atoms with Crippen LogP contribution in [0.25, 0.3) is 17.2 Å². The van der Waals surface area contributed by atoms with Crippen molar-refractivity contribution in [2.24, 2.45) is 0 Å². The van der Waals surface area contributed by atoms with Crippen LogP contribution in [0.2, 0.25) is 5.02 Å². The van der Waals surface area contributed by atoms with Crippen LogP contribution in [0.4, 0.5) is 10.7 Å². The number of hydrogen-bond acceptors (Lipinski definition) is 7. The molecule has 0 aliphatic heterocycles. The van der Waals surface area contributed by atoms with Crippen molar-refractivity contribution in [1.29, 1.82) is 0 Å². The number of amides is 3. The lowest BCUT2D eigenvalue weighted by Crippen LogP contribution is -2.30. The van der Waals surface area contributed by atoms with Gasteiger partial charge in [-0.25, -0.2) is 4.79 Å². The summed E-state index contributed by atoms with van der Waals surface area (Å²) in [6, 6.07) is 41.4. The zero-order chi connectivity index (χ0) is 37.9. The first-order chi connectivity index (χ1) is 26.3. The minimum Gasteiger partial charge on any atom is -0.462 e. The lowest BCUT2D eigenvalue weighted by molar-refractivity contribution is -0.116. The average molecular weight is 772 g/mol. The average Bonchev–Trinajstić information content (AvgIpc) is 3.61. The van der Waals surface area contributed by atoms with E-state index in [1.54, 1.807) is 85.8 Å². The van der Waals surface area contributed by atoms with E-state index in [4.69, 9.17) is 16.3 Å². The highest BCUT2D eigenvalue weighted by atomic mass is 35.5. The smallest absolute Gasteiger partial charge is 0.341 e. The van der Waals surface area contributed by atoms with Crippen LogP contribution in [-0.4, -0.2) is 30.3 Å². The summed E-state index contributed by atoms with van der Waals surface area (Å²) in [6.45, 7) is 1.92. The maximum Gasteiger partial charge on any atom is 0.341 e. The molecular weight excluding hydrogens is 738 g/mol. The van der Waals surface area contributed by atoms with Gasteiger partial charge in [0.1, 0.15) is 21.5 Å². The molecular formula is C43H34ClN3O5S2. The first kappa shape index (κ1) is 37.8. The molecule has 0 bridgehead atoms. The Morgan fingerprint density at radius 2 is 1.48 bits per heavy atom. The number of esters is 1. The molecule has 0 saturated heterocycles. The summed E-state index contributed by atoms with van der Waals surface area (Å²) in [5.41, 5.74) is 3.99. The molecule has 0 radical (unpaired) electrons. The van der Waals surface area contributed by atoms with Gasteiger partial charge in [0.2, 0.25) is 5.91 Å².